The van der Waals surface area contributed by atoms with Crippen molar-refractivity contribution in [1.82, 2.24) is 9.88 Å². The van der Waals surface area contributed by atoms with E-state index in [2.05, 4.69) is 15.2 Å². The van der Waals surface area contributed by atoms with E-state index in [9.17, 15) is 4.79 Å². The molecule has 3 N–H and O–H groups in total. The van der Waals surface area contributed by atoms with Gasteiger partial charge in [-0.1, -0.05) is 0 Å². The lowest BCUT2D eigenvalue weighted by molar-refractivity contribution is -0.159. The molecular formula is C24H31N3O8. The van der Waals surface area contributed by atoms with Crippen molar-refractivity contribution in [3.05, 3.63) is 48.3 Å². The molecule has 1 aromatic heterocycles. The third-order valence-corrected chi connectivity index (χ3v) is 5.24. The van der Waals surface area contributed by atoms with E-state index in [0.717, 1.165) is 55.3 Å². The minimum absolute atomic E-state index is 0.000304. The molecule has 2 aromatic rings. The van der Waals surface area contributed by atoms with Crippen LogP contribution in [-0.4, -0.2) is 78.4 Å². The second-order valence-corrected chi connectivity index (χ2v) is 7.86. The molecule has 0 radical (unpaired) electrons. The van der Waals surface area contributed by atoms with Gasteiger partial charge >= 0.3 is 11.9 Å². The average Bonchev–Trinajstić information content (AvgIpc) is 2.85. The van der Waals surface area contributed by atoms with Crippen molar-refractivity contribution in [2.45, 2.75) is 19.4 Å². The van der Waals surface area contributed by atoms with Gasteiger partial charge in [0.25, 0.3) is 0 Å². The van der Waals surface area contributed by atoms with Crippen LogP contribution in [0, 0.1) is 5.92 Å². The van der Waals surface area contributed by atoms with Gasteiger partial charge in [0, 0.05) is 18.9 Å². The number of piperidine rings is 1. The van der Waals surface area contributed by atoms with Crippen molar-refractivity contribution in [3.63, 3.8) is 0 Å². The van der Waals surface area contributed by atoms with Gasteiger partial charge in [0.1, 0.15) is 11.5 Å². The highest BCUT2D eigenvalue weighted by Gasteiger charge is 2.21. The quantitative estimate of drug-likeness (QED) is 0.447. The van der Waals surface area contributed by atoms with Crippen molar-refractivity contribution in [3.8, 4) is 11.5 Å². The summed E-state index contributed by atoms with van der Waals surface area (Å²) < 4.78 is 16.5. The molecule has 3 rings (SSSR count). The van der Waals surface area contributed by atoms with E-state index in [0.29, 0.717) is 19.1 Å². The lowest BCUT2D eigenvalue weighted by Crippen LogP contribution is -2.40. The SMILES string of the molecule is COc1cc(COCC2CCN(CC(=O)Nc3cccnc3)CC2)cc(OC)c1.O=C(O)C(=O)O. The number of hydrogen-bond donors (Lipinski definition) is 3. The fourth-order valence-electron chi connectivity index (χ4n) is 3.44. The van der Waals surface area contributed by atoms with Crippen LogP contribution in [-0.2, 0) is 25.7 Å². The topological polar surface area (TPSA) is 148 Å². The number of likely N-dealkylation sites (tertiary alicyclic amines) is 1. The third-order valence-electron chi connectivity index (χ3n) is 5.24. The van der Waals surface area contributed by atoms with Crippen LogP contribution in [0.1, 0.15) is 18.4 Å². The molecule has 1 saturated heterocycles. The van der Waals surface area contributed by atoms with Crippen molar-refractivity contribution < 1.29 is 38.8 Å². The number of nitrogens with one attached hydrogen (secondary N) is 1. The fourth-order valence-corrected chi connectivity index (χ4v) is 3.44. The molecule has 1 aromatic carbocycles. The standard InChI is InChI=1S/C22H29N3O4.C2H2O4/c1-27-20-10-18(11-21(12-20)28-2)16-29-15-17-5-8-25(9-6-17)14-22(26)24-19-4-3-7-23-13-19;3-1(4)2(5)6/h3-4,7,10-13,17H,5-6,8-9,14-16H2,1-2H3,(H,24,26);(H,3,4)(H,5,6). The number of amides is 1. The second-order valence-electron chi connectivity index (χ2n) is 7.86. The molecule has 0 aliphatic carbocycles. The predicted octanol–water partition coefficient (Wildman–Crippen LogP) is 2.12. The molecule has 190 valence electrons. The number of carboxylic acids is 2. The number of methoxy groups -OCH3 is 2. The van der Waals surface area contributed by atoms with Gasteiger partial charge in [-0.05, 0) is 61.7 Å². The zero-order valence-electron chi connectivity index (χ0n) is 19.8. The molecule has 0 spiro atoms. The van der Waals surface area contributed by atoms with E-state index in [1.165, 1.54) is 0 Å². The summed E-state index contributed by atoms with van der Waals surface area (Å²) in [7, 11) is 3.29. The first-order valence-electron chi connectivity index (χ1n) is 11.0. The first-order valence-corrected chi connectivity index (χ1v) is 11.0. The molecule has 0 atom stereocenters. The molecule has 0 unspecified atom stereocenters. The highest BCUT2D eigenvalue weighted by Crippen LogP contribution is 2.24. The van der Waals surface area contributed by atoms with E-state index >= 15 is 0 Å². The molecule has 0 bridgehead atoms. The number of ether oxygens (including phenoxy) is 3. The maximum Gasteiger partial charge on any atom is 0.414 e. The monoisotopic (exact) mass is 489 g/mol. The number of anilines is 1. The zero-order chi connectivity index (χ0) is 25.6. The van der Waals surface area contributed by atoms with E-state index in [-0.39, 0.29) is 5.91 Å². The van der Waals surface area contributed by atoms with Crippen LogP contribution in [0.15, 0.2) is 42.7 Å². The number of carbonyl (C=O) groups excluding carboxylic acids is 1. The normalized spacial score (nSPS) is 13.8. The number of aromatic nitrogens is 1. The largest absolute Gasteiger partial charge is 0.497 e. The van der Waals surface area contributed by atoms with Crippen LogP contribution in [0.3, 0.4) is 0 Å². The molecular weight excluding hydrogens is 458 g/mol. The summed E-state index contributed by atoms with van der Waals surface area (Å²) >= 11 is 0. The number of carbonyl (C=O) groups is 3. The minimum atomic E-state index is -1.82. The van der Waals surface area contributed by atoms with Gasteiger partial charge in [0.05, 0.1) is 39.3 Å². The van der Waals surface area contributed by atoms with Crippen LogP contribution in [0.5, 0.6) is 11.5 Å². The highest BCUT2D eigenvalue weighted by atomic mass is 16.5. The smallest absolute Gasteiger partial charge is 0.414 e. The molecule has 0 saturated carbocycles. The van der Waals surface area contributed by atoms with Gasteiger partial charge in [-0.15, -0.1) is 0 Å². The van der Waals surface area contributed by atoms with Gasteiger partial charge in [0.15, 0.2) is 0 Å². The van der Waals surface area contributed by atoms with E-state index in [4.69, 9.17) is 34.0 Å². The zero-order valence-corrected chi connectivity index (χ0v) is 19.8. The number of hydrogen-bond acceptors (Lipinski definition) is 8. The molecule has 2 heterocycles. The maximum atomic E-state index is 12.2. The average molecular weight is 490 g/mol. The first-order chi connectivity index (χ1) is 16.8. The summed E-state index contributed by atoms with van der Waals surface area (Å²) in [6.45, 7) is 3.46. The number of pyridine rings is 1. The van der Waals surface area contributed by atoms with Gasteiger partial charge in [-0.3, -0.25) is 14.7 Å². The van der Waals surface area contributed by atoms with Gasteiger partial charge < -0.3 is 29.7 Å². The summed E-state index contributed by atoms with van der Waals surface area (Å²) in [5.41, 5.74) is 1.76. The Hall–Kier alpha value is -3.70. The van der Waals surface area contributed by atoms with Crippen molar-refractivity contribution >= 4 is 23.5 Å². The van der Waals surface area contributed by atoms with Crippen LogP contribution in [0.4, 0.5) is 5.69 Å². The molecule has 11 heteroatoms. The first kappa shape index (κ1) is 27.5. The van der Waals surface area contributed by atoms with Crippen LogP contribution in [0.25, 0.3) is 0 Å². The number of rotatable bonds is 9. The molecule has 11 nitrogen and oxygen atoms in total. The Morgan fingerprint density at radius 3 is 2.20 bits per heavy atom. The number of benzene rings is 1. The highest BCUT2D eigenvalue weighted by molar-refractivity contribution is 6.27. The van der Waals surface area contributed by atoms with Crippen molar-refractivity contribution in [2.24, 2.45) is 5.92 Å². The Morgan fingerprint density at radius 2 is 1.69 bits per heavy atom. The Labute approximate surface area is 203 Å². The Balaban J connectivity index is 0.000000641. The lowest BCUT2D eigenvalue weighted by atomic mass is 9.98. The second kappa shape index (κ2) is 14.5. The maximum absolute atomic E-state index is 12.2. The third kappa shape index (κ3) is 10.4. The van der Waals surface area contributed by atoms with Crippen molar-refractivity contribution in [2.75, 3.05) is 45.8 Å². The van der Waals surface area contributed by atoms with Crippen LogP contribution >= 0.6 is 0 Å². The number of carboxylic acid groups (broad SMARTS) is 2. The molecule has 1 fully saturated rings. The molecule has 1 amide bonds. The van der Waals surface area contributed by atoms with E-state index < -0.39 is 11.9 Å². The fraction of sp³-hybridized carbons (Fsp3) is 0.417. The molecule has 35 heavy (non-hydrogen) atoms. The van der Waals surface area contributed by atoms with E-state index in [1.54, 1.807) is 26.6 Å². The van der Waals surface area contributed by atoms with Crippen LogP contribution < -0.4 is 14.8 Å². The summed E-state index contributed by atoms with van der Waals surface area (Å²) in [5.74, 6) is -1.61. The Bertz CT molecular complexity index is 928. The van der Waals surface area contributed by atoms with Gasteiger partial charge in [-0.2, -0.15) is 0 Å². The summed E-state index contributed by atoms with van der Waals surface area (Å²) in [4.78, 5) is 36.6. The van der Waals surface area contributed by atoms with Gasteiger partial charge in [0.2, 0.25) is 5.91 Å². The predicted molar refractivity (Wildman–Crippen MR) is 127 cm³/mol. The minimum Gasteiger partial charge on any atom is -0.497 e. The lowest BCUT2D eigenvalue weighted by Gasteiger charge is -2.31. The molecule has 1 aliphatic rings. The number of nitrogens with zero attached hydrogens (tertiary/aromatic N) is 2. The Kier molecular flexibility index (Phi) is 11.4. The van der Waals surface area contributed by atoms with E-state index in [1.807, 2.05) is 30.3 Å². The van der Waals surface area contributed by atoms with Crippen LogP contribution in [0.2, 0.25) is 0 Å². The summed E-state index contributed by atoms with van der Waals surface area (Å²) in [6, 6.07) is 9.43. The summed E-state index contributed by atoms with van der Waals surface area (Å²) in [5, 5.41) is 17.7. The Morgan fingerprint density at radius 1 is 1.06 bits per heavy atom. The molecule has 1 aliphatic heterocycles. The van der Waals surface area contributed by atoms with Gasteiger partial charge in [-0.25, -0.2) is 9.59 Å². The number of aliphatic carboxylic acids is 2. The van der Waals surface area contributed by atoms with Crippen molar-refractivity contribution in [1.29, 1.82) is 0 Å². The summed E-state index contributed by atoms with van der Waals surface area (Å²) in [6.07, 6.45) is 5.40.